The third kappa shape index (κ3) is 2.83. The van der Waals surface area contributed by atoms with Crippen molar-refractivity contribution in [2.24, 2.45) is 0 Å². The lowest BCUT2D eigenvalue weighted by Crippen LogP contribution is -1.97. The molecule has 2 aromatic rings. The second-order valence-corrected chi connectivity index (χ2v) is 5.08. The van der Waals surface area contributed by atoms with E-state index >= 15 is 0 Å². The van der Waals surface area contributed by atoms with Gasteiger partial charge in [0.1, 0.15) is 5.75 Å². The van der Waals surface area contributed by atoms with Crippen molar-refractivity contribution in [1.29, 1.82) is 5.26 Å². The van der Waals surface area contributed by atoms with Crippen LogP contribution < -0.4 is 4.74 Å². The highest BCUT2D eigenvalue weighted by Crippen LogP contribution is 2.34. The first-order valence-electron chi connectivity index (χ1n) is 6.09. The van der Waals surface area contributed by atoms with Gasteiger partial charge in [0, 0.05) is 10.9 Å². The van der Waals surface area contributed by atoms with Crippen molar-refractivity contribution in [2.75, 3.05) is 0 Å². The number of benzene rings is 2. The van der Waals surface area contributed by atoms with Gasteiger partial charge in [0.25, 0.3) is 0 Å². The molecule has 0 radical (unpaired) electrons. The molecule has 0 fully saturated rings. The molecule has 0 aliphatic heterocycles. The summed E-state index contributed by atoms with van der Waals surface area (Å²) in [5.74, 6) is 0.418. The highest BCUT2D eigenvalue weighted by atomic mass is 79.9. The van der Waals surface area contributed by atoms with Gasteiger partial charge < -0.3 is 4.74 Å². The van der Waals surface area contributed by atoms with Crippen LogP contribution in [-0.4, -0.2) is 0 Å². The molecule has 0 aromatic heterocycles. The van der Waals surface area contributed by atoms with E-state index in [1.807, 2.05) is 19.9 Å². The predicted molar refractivity (Wildman–Crippen MR) is 79.7 cm³/mol. The first-order chi connectivity index (χ1) is 9.56. The molecule has 2 nitrogen and oxygen atoms in total. The van der Waals surface area contributed by atoms with E-state index in [9.17, 15) is 4.39 Å². The molecule has 0 saturated heterocycles. The Bertz CT molecular complexity index is 668. The Labute approximate surface area is 125 Å². The van der Waals surface area contributed by atoms with Gasteiger partial charge in [0.2, 0.25) is 0 Å². The van der Waals surface area contributed by atoms with Crippen LogP contribution in [0.3, 0.4) is 0 Å². The lowest BCUT2D eigenvalue weighted by atomic mass is 10.1. The number of hydrogen-bond acceptors (Lipinski definition) is 2. The van der Waals surface area contributed by atoms with Crippen LogP contribution in [-0.2, 0) is 5.33 Å². The Hall–Kier alpha value is -1.86. The van der Waals surface area contributed by atoms with Gasteiger partial charge in [0.05, 0.1) is 11.6 Å². The van der Waals surface area contributed by atoms with Gasteiger partial charge in [-0.3, -0.25) is 0 Å². The zero-order valence-electron chi connectivity index (χ0n) is 11.2. The summed E-state index contributed by atoms with van der Waals surface area (Å²) in [6.07, 6.45) is 0. The number of nitriles is 1. The van der Waals surface area contributed by atoms with Gasteiger partial charge >= 0.3 is 0 Å². The number of rotatable bonds is 3. The van der Waals surface area contributed by atoms with E-state index in [1.54, 1.807) is 18.2 Å². The van der Waals surface area contributed by atoms with E-state index < -0.39 is 5.82 Å². The van der Waals surface area contributed by atoms with Crippen molar-refractivity contribution in [3.05, 3.63) is 58.4 Å². The molecule has 20 heavy (non-hydrogen) atoms. The molecule has 0 unspecified atom stereocenters. The molecule has 0 bridgehead atoms. The average Bonchev–Trinajstić information content (AvgIpc) is 2.43. The fraction of sp³-hybridized carbons (Fsp3) is 0.188. The lowest BCUT2D eigenvalue weighted by molar-refractivity contribution is 0.433. The van der Waals surface area contributed by atoms with E-state index in [0.29, 0.717) is 16.6 Å². The van der Waals surface area contributed by atoms with Crippen LogP contribution in [0, 0.1) is 31.0 Å². The molecule has 102 valence electrons. The SMILES string of the molecule is Cc1cc(C#N)cc(C)c1Oc1c(F)cccc1CBr. The highest BCUT2D eigenvalue weighted by molar-refractivity contribution is 9.08. The summed E-state index contributed by atoms with van der Waals surface area (Å²) >= 11 is 3.33. The molecule has 0 atom stereocenters. The zero-order valence-corrected chi connectivity index (χ0v) is 12.8. The minimum Gasteiger partial charge on any atom is -0.453 e. The first-order valence-corrected chi connectivity index (χ1v) is 7.21. The lowest BCUT2D eigenvalue weighted by Gasteiger charge is -2.15. The van der Waals surface area contributed by atoms with E-state index in [-0.39, 0.29) is 5.75 Å². The zero-order chi connectivity index (χ0) is 14.7. The second-order valence-electron chi connectivity index (χ2n) is 4.51. The molecular weight excluding hydrogens is 321 g/mol. The van der Waals surface area contributed by atoms with Crippen LogP contribution in [0.4, 0.5) is 4.39 Å². The summed E-state index contributed by atoms with van der Waals surface area (Å²) in [5.41, 5.74) is 2.94. The maximum Gasteiger partial charge on any atom is 0.167 e. The van der Waals surface area contributed by atoms with Crippen molar-refractivity contribution in [3.63, 3.8) is 0 Å². The normalized spacial score (nSPS) is 10.2. The average molecular weight is 334 g/mol. The number of hydrogen-bond donors (Lipinski definition) is 0. The van der Waals surface area contributed by atoms with Gasteiger partial charge in [-0.2, -0.15) is 5.26 Å². The number of para-hydroxylation sites is 1. The minimum absolute atomic E-state index is 0.222. The van der Waals surface area contributed by atoms with Gasteiger partial charge in [-0.05, 0) is 43.2 Å². The van der Waals surface area contributed by atoms with Crippen molar-refractivity contribution in [1.82, 2.24) is 0 Å². The van der Waals surface area contributed by atoms with E-state index in [4.69, 9.17) is 10.00 Å². The molecule has 0 heterocycles. The van der Waals surface area contributed by atoms with Crippen LogP contribution in [0.25, 0.3) is 0 Å². The third-order valence-corrected chi connectivity index (χ3v) is 3.59. The van der Waals surface area contributed by atoms with Crippen LogP contribution in [0.15, 0.2) is 30.3 Å². The second kappa shape index (κ2) is 6.06. The monoisotopic (exact) mass is 333 g/mol. The molecule has 0 amide bonds. The van der Waals surface area contributed by atoms with E-state index in [1.165, 1.54) is 6.07 Å². The van der Waals surface area contributed by atoms with Crippen molar-refractivity contribution >= 4 is 15.9 Å². The highest BCUT2D eigenvalue weighted by Gasteiger charge is 2.14. The summed E-state index contributed by atoms with van der Waals surface area (Å²) in [5, 5.41) is 9.44. The van der Waals surface area contributed by atoms with Gasteiger partial charge in [0.15, 0.2) is 11.6 Å². The first kappa shape index (κ1) is 14.5. The Kier molecular flexibility index (Phi) is 4.41. The summed E-state index contributed by atoms with van der Waals surface area (Å²) in [6, 6.07) is 10.4. The topological polar surface area (TPSA) is 33.0 Å². The smallest absolute Gasteiger partial charge is 0.167 e. The van der Waals surface area contributed by atoms with Crippen molar-refractivity contribution in [3.8, 4) is 17.6 Å². The van der Waals surface area contributed by atoms with Crippen molar-refractivity contribution in [2.45, 2.75) is 19.2 Å². The Balaban J connectivity index is 2.49. The third-order valence-electron chi connectivity index (χ3n) is 2.99. The Morgan fingerprint density at radius 2 is 1.85 bits per heavy atom. The fourth-order valence-electron chi connectivity index (χ4n) is 2.05. The predicted octanol–water partition coefficient (Wildman–Crippen LogP) is 5.00. The Morgan fingerprint density at radius 3 is 2.40 bits per heavy atom. The summed E-state index contributed by atoms with van der Waals surface area (Å²) in [4.78, 5) is 0. The summed E-state index contributed by atoms with van der Waals surface area (Å²) in [6.45, 7) is 3.69. The number of aryl methyl sites for hydroxylation is 2. The van der Waals surface area contributed by atoms with Crippen LogP contribution >= 0.6 is 15.9 Å². The molecule has 0 saturated carbocycles. The van der Waals surface area contributed by atoms with Gasteiger partial charge in [-0.25, -0.2) is 4.39 Å². The minimum atomic E-state index is -0.398. The molecular formula is C16H13BrFNO. The van der Waals surface area contributed by atoms with Crippen molar-refractivity contribution < 1.29 is 9.13 Å². The van der Waals surface area contributed by atoms with Crippen LogP contribution in [0.2, 0.25) is 0 Å². The largest absolute Gasteiger partial charge is 0.453 e. The quantitative estimate of drug-likeness (QED) is 0.740. The summed E-state index contributed by atoms with van der Waals surface area (Å²) < 4.78 is 19.7. The number of ether oxygens (including phenoxy) is 1. The number of alkyl halides is 1. The molecule has 0 aliphatic carbocycles. The van der Waals surface area contributed by atoms with Gasteiger partial charge in [-0.1, -0.05) is 28.1 Å². The molecule has 4 heteroatoms. The van der Waals surface area contributed by atoms with Crippen LogP contribution in [0.5, 0.6) is 11.5 Å². The maximum atomic E-state index is 13.9. The molecule has 0 spiro atoms. The van der Waals surface area contributed by atoms with E-state index in [2.05, 4.69) is 22.0 Å². The number of nitrogens with zero attached hydrogens (tertiary/aromatic N) is 1. The summed E-state index contributed by atoms with van der Waals surface area (Å²) in [7, 11) is 0. The molecule has 2 rings (SSSR count). The molecule has 0 aliphatic rings. The fourth-order valence-corrected chi connectivity index (χ4v) is 2.49. The van der Waals surface area contributed by atoms with E-state index in [0.717, 1.165) is 16.7 Å². The number of halogens is 2. The van der Waals surface area contributed by atoms with Crippen LogP contribution in [0.1, 0.15) is 22.3 Å². The van der Waals surface area contributed by atoms with Gasteiger partial charge in [-0.15, -0.1) is 0 Å². The maximum absolute atomic E-state index is 13.9. The molecule has 2 aromatic carbocycles. The Morgan fingerprint density at radius 1 is 1.20 bits per heavy atom. The standard InChI is InChI=1S/C16H13BrFNO/c1-10-6-12(9-19)7-11(2)15(10)20-16-13(8-17)4-3-5-14(16)18/h3-7H,8H2,1-2H3. The molecule has 0 N–H and O–H groups in total.